The van der Waals surface area contributed by atoms with Gasteiger partial charge >= 0.3 is 11.8 Å². The fourth-order valence-electron chi connectivity index (χ4n) is 1.61. The topological polar surface area (TPSA) is 67.4 Å². The maximum absolute atomic E-state index is 11.8. The Labute approximate surface area is 130 Å². The van der Waals surface area contributed by atoms with Crippen LogP contribution >= 0.6 is 15.9 Å². The van der Waals surface area contributed by atoms with E-state index < -0.39 is 11.8 Å². The van der Waals surface area contributed by atoms with Gasteiger partial charge in [0.15, 0.2) is 0 Å². The molecule has 0 unspecified atom stereocenters. The Balaban J connectivity index is 1.99. The van der Waals surface area contributed by atoms with Gasteiger partial charge in [0, 0.05) is 21.9 Å². The Morgan fingerprint density at radius 3 is 2.19 bits per heavy atom. The van der Waals surface area contributed by atoms with Crippen LogP contribution in [0.25, 0.3) is 0 Å². The molecule has 0 fully saturated rings. The van der Waals surface area contributed by atoms with Crippen molar-refractivity contribution in [1.82, 2.24) is 0 Å². The lowest BCUT2D eigenvalue weighted by atomic mass is 10.3. The van der Waals surface area contributed by atoms with Crippen LogP contribution in [-0.4, -0.2) is 18.9 Å². The second-order valence-corrected chi connectivity index (χ2v) is 5.06. The summed E-state index contributed by atoms with van der Waals surface area (Å²) >= 11 is 3.29. The van der Waals surface area contributed by atoms with Crippen molar-refractivity contribution in [1.29, 1.82) is 0 Å². The Morgan fingerprint density at radius 1 is 0.952 bits per heavy atom. The summed E-state index contributed by atoms with van der Waals surface area (Å²) in [6.45, 7) is 0. The number of methoxy groups -OCH3 is 1. The van der Waals surface area contributed by atoms with Gasteiger partial charge in [0.1, 0.15) is 5.75 Å². The lowest BCUT2D eigenvalue weighted by Crippen LogP contribution is -2.29. The minimum atomic E-state index is -0.744. The van der Waals surface area contributed by atoms with Crippen molar-refractivity contribution >= 4 is 39.1 Å². The number of halogens is 1. The molecule has 2 N–H and O–H groups in total. The molecule has 2 aromatic carbocycles. The van der Waals surface area contributed by atoms with Crippen molar-refractivity contribution in [2.75, 3.05) is 17.7 Å². The van der Waals surface area contributed by atoms with E-state index >= 15 is 0 Å². The Morgan fingerprint density at radius 2 is 1.57 bits per heavy atom. The van der Waals surface area contributed by atoms with Crippen molar-refractivity contribution in [3.63, 3.8) is 0 Å². The summed E-state index contributed by atoms with van der Waals surface area (Å²) in [5, 5.41) is 5.02. The number of ether oxygens (including phenoxy) is 1. The smallest absolute Gasteiger partial charge is 0.314 e. The van der Waals surface area contributed by atoms with Crippen LogP contribution in [-0.2, 0) is 9.59 Å². The van der Waals surface area contributed by atoms with Crippen LogP contribution in [0.1, 0.15) is 0 Å². The van der Waals surface area contributed by atoms with Gasteiger partial charge in [-0.05, 0) is 36.4 Å². The molecule has 0 aromatic heterocycles. The average molecular weight is 349 g/mol. The van der Waals surface area contributed by atoms with Crippen LogP contribution < -0.4 is 15.4 Å². The molecule has 0 saturated heterocycles. The third-order valence-corrected chi connectivity index (χ3v) is 3.16. The fraction of sp³-hybridized carbons (Fsp3) is 0.0667. The van der Waals surface area contributed by atoms with E-state index in [4.69, 9.17) is 4.74 Å². The highest BCUT2D eigenvalue weighted by Crippen LogP contribution is 2.17. The maximum atomic E-state index is 11.8. The van der Waals surface area contributed by atoms with Crippen LogP contribution in [0.3, 0.4) is 0 Å². The maximum Gasteiger partial charge on any atom is 0.314 e. The van der Waals surface area contributed by atoms with Gasteiger partial charge in [-0.2, -0.15) is 0 Å². The Hall–Kier alpha value is -2.34. The Kier molecular flexibility index (Phi) is 4.94. The van der Waals surface area contributed by atoms with Crippen molar-refractivity contribution < 1.29 is 14.3 Å². The summed E-state index contributed by atoms with van der Waals surface area (Å²) in [6.07, 6.45) is 0. The molecule has 2 rings (SSSR count). The number of hydrogen-bond donors (Lipinski definition) is 2. The summed E-state index contributed by atoms with van der Waals surface area (Å²) in [5.74, 6) is -0.882. The van der Waals surface area contributed by atoms with Gasteiger partial charge in [-0.3, -0.25) is 9.59 Å². The first-order valence-corrected chi connectivity index (χ1v) is 6.90. The van der Waals surface area contributed by atoms with Gasteiger partial charge < -0.3 is 15.4 Å². The van der Waals surface area contributed by atoms with Crippen LogP contribution in [0.4, 0.5) is 11.4 Å². The number of hydrogen-bond acceptors (Lipinski definition) is 3. The Bertz CT molecular complexity index is 656. The number of rotatable bonds is 3. The molecule has 21 heavy (non-hydrogen) atoms. The predicted octanol–water partition coefficient (Wildman–Crippen LogP) is 3.03. The second kappa shape index (κ2) is 6.90. The number of carbonyl (C=O) groups excluding carboxylic acids is 2. The lowest BCUT2D eigenvalue weighted by Gasteiger charge is -2.07. The van der Waals surface area contributed by atoms with E-state index in [1.165, 1.54) is 7.11 Å². The summed E-state index contributed by atoms with van der Waals surface area (Å²) in [6, 6.07) is 13.7. The van der Waals surface area contributed by atoms with Crippen LogP contribution in [0.15, 0.2) is 53.0 Å². The fourth-order valence-corrected chi connectivity index (χ4v) is 1.87. The molecule has 0 radical (unpaired) electrons. The van der Waals surface area contributed by atoms with Gasteiger partial charge in [0.05, 0.1) is 7.11 Å². The van der Waals surface area contributed by atoms with Gasteiger partial charge in [-0.25, -0.2) is 0 Å². The van der Waals surface area contributed by atoms with E-state index in [0.717, 1.165) is 4.47 Å². The van der Waals surface area contributed by atoms with Crippen LogP contribution in [0, 0.1) is 0 Å². The second-order valence-electron chi connectivity index (χ2n) is 4.15. The summed E-state index contributed by atoms with van der Waals surface area (Å²) < 4.78 is 5.94. The molecule has 0 saturated carbocycles. The van der Waals surface area contributed by atoms with Crippen molar-refractivity contribution in [2.24, 2.45) is 0 Å². The minimum Gasteiger partial charge on any atom is -0.497 e. The first kappa shape index (κ1) is 15.1. The first-order chi connectivity index (χ1) is 10.1. The van der Waals surface area contributed by atoms with E-state index in [-0.39, 0.29) is 0 Å². The summed E-state index contributed by atoms with van der Waals surface area (Å²) in [5.41, 5.74) is 1.04. The summed E-state index contributed by atoms with van der Waals surface area (Å²) in [4.78, 5) is 23.6. The molecule has 6 heteroatoms. The van der Waals surface area contributed by atoms with E-state index in [2.05, 4.69) is 26.6 Å². The molecule has 0 aliphatic rings. The number of anilines is 2. The highest BCUT2D eigenvalue weighted by atomic mass is 79.9. The third kappa shape index (κ3) is 4.32. The van der Waals surface area contributed by atoms with E-state index in [1.54, 1.807) is 48.5 Å². The molecule has 0 aliphatic carbocycles. The molecular formula is C15H13BrN2O3. The van der Waals surface area contributed by atoms with Crippen molar-refractivity contribution in [3.05, 3.63) is 53.0 Å². The zero-order valence-electron chi connectivity index (χ0n) is 11.2. The third-order valence-electron chi connectivity index (χ3n) is 2.64. The molecule has 108 valence electrons. The predicted molar refractivity (Wildman–Crippen MR) is 84.4 cm³/mol. The van der Waals surface area contributed by atoms with Crippen molar-refractivity contribution in [3.8, 4) is 5.75 Å². The molecular weight excluding hydrogens is 336 g/mol. The van der Waals surface area contributed by atoms with Gasteiger partial charge in [-0.15, -0.1) is 0 Å². The largest absolute Gasteiger partial charge is 0.497 e. The van der Waals surface area contributed by atoms with Gasteiger partial charge in [0.2, 0.25) is 0 Å². The molecule has 0 aliphatic heterocycles. The zero-order chi connectivity index (χ0) is 15.2. The number of nitrogens with one attached hydrogen (secondary N) is 2. The number of carbonyl (C=O) groups is 2. The molecule has 2 aromatic rings. The summed E-state index contributed by atoms with van der Waals surface area (Å²) in [7, 11) is 1.53. The molecule has 5 nitrogen and oxygen atoms in total. The zero-order valence-corrected chi connectivity index (χ0v) is 12.8. The lowest BCUT2D eigenvalue weighted by molar-refractivity contribution is -0.132. The normalized spacial score (nSPS) is 9.81. The van der Waals surface area contributed by atoms with Gasteiger partial charge in [-0.1, -0.05) is 22.0 Å². The minimum absolute atomic E-state index is 0.491. The quantitative estimate of drug-likeness (QED) is 0.837. The van der Waals surface area contributed by atoms with E-state index in [9.17, 15) is 9.59 Å². The van der Waals surface area contributed by atoms with Crippen LogP contribution in [0.2, 0.25) is 0 Å². The van der Waals surface area contributed by atoms with Gasteiger partial charge in [0.25, 0.3) is 0 Å². The SMILES string of the molecule is COc1cccc(NC(=O)C(=O)Nc2ccc(Br)cc2)c1. The molecule has 0 spiro atoms. The highest BCUT2D eigenvalue weighted by Gasteiger charge is 2.14. The number of amides is 2. The molecule has 0 heterocycles. The highest BCUT2D eigenvalue weighted by molar-refractivity contribution is 9.10. The van der Waals surface area contributed by atoms with E-state index in [1.807, 2.05) is 0 Å². The molecule has 0 atom stereocenters. The molecule has 2 amide bonds. The standard InChI is InChI=1S/C15H13BrN2O3/c1-21-13-4-2-3-12(9-13)18-15(20)14(19)17-11-7-5-10(16)6-8-11/h2-9H,1H3,(H,17,19)(H,18,20). The molecule has 0 bridgehead atoms. The van der Waals surface area contributed by atoms with Crippen LogP contribution in [0.5, 0.6) is 5.75 Å². The van der Waals surface area contributed by atoms with E-state index in [0.29, 0.717) is 17.1 Å². The average Bonchev–Trinajstić information content (AvgIpc) is 2.49. The first-order valence-electron chi connectivity index (χ1n) is 6.10. The monoisotopic (exact) mass is 348 g/mol. The number of benzene rings is 2. The van der Waals surface area contributed by atoms with Crippen molar-refractivity contribution in [2.45, 2.75) is 0 Å².